The molecule has 1 aromatic heterocycles. The Kier molecular flexibility index (Phi) is 6.11. The fourth-order valence-electron chi connectivity index (χ4n) is 1.75. The maximum atomic E-state index is 5.70. The largest absolute Gasteiger partial charge is 0.383 e. The second-order valence-corrected chi connectivity index (χ2v) is 4.37. The highest BCUT2D eigenvalue weighted by molar-refractivity contribution is 5.19. The van der Waals surface area contributed by atoms with E-state index in [2.05, 4.69) is 29.8 Å². The summed E-state index contributed by atoms with van der Waals surface area (Å²) in [6, 6.07) is 4.54. The molecule has 96 valence electrons. The standard InChI is InChI=1S/C13H23N3O/c1-11(2)16(7-8-17-3)10-12-5-4-6-15-13(12)9-14/h4-6,11H,7-10,14H2,1-3H3. The third-order valence-electron chi connectivity index (χ3n) is 2.86. The first kappa shape index (κ1) is 14.1. The molecule has 0 amide bonds. The molecule has 0 bridgehead atoms. The lowest BCUT2D eigenvalue weighted by atomic mass is 10.1. The zero-order valence-electron chi connectivity index (χ0n) is 11.0. The van der Waals surface area contributed by atoms with Gasteiger partial charge in [0.05, 0.1) is 12.3 Å². The molecule has 0 saturated carbocycles. The summed E-state index contributed by atoms with van der Waals surface area (Å²) in [6.45, 7) is 7.42. The second-order valence-electron chi connectivity index (χ2n) is 4.37. The summed E-state index contributed by atoms with van der Waals surface area (Å²) >= 11 is 0. The van der Waals surface area contributed by atoms with E-state index in [9.17, 15) is 0 Å². The first-order chi connectivity index (χ1) is 8.19. The summed E-state index contributed by atoms with van der Waals surface area (Å²) in [7, 11) is 1.73. The molecule has 0 fully saturated rings. The van der Waals surface area contributed by atoms with Gasteiger partial charge in [0.2, 0.25) is 0 Å². The first-order valence-corrected chi connectivity index (χ1v) is 6.04. The van der Waals surface area contributed by atoms with E-state index in [0.29, 0.717) is 12.6 Å². The van der Waals surface area contributed by atoms with Crippen LogP contribution < -0.4 is 5.73 Å². The number of ether oxygens (including phenoxy) is 1. The van der Waals surface area contributed by atoms with Crippen LogP contribution in [0.4, 0.5) is 0 Å². The Balaban J connectivity index is 2.71. The van der Waals surface area contributed by atoms with Crippen molar-refractivity contribution in [2.24, 2.45) is 5.73 Å². The number of rotatable bonds is 7. The number of hydrogen-bond donors (Lipinski definition) is 1. The average Bonchev–Trinajstić information content (AvgIpc) is 2.34. The highest BCUT2D eigenvalue weighted by Crippen LogP contribution is 2.11. The summed E-state index contributed by atoms with van der Waals surface area (Å²) in [4.78, 5) is 6.67. The highest BCUT2D eigenvalue weighted by atomic mass is 16.5. The van der Waals surface area contributed by atoms with Gasteiger partial charge in [0.1, 0.15) is 0 Å². The average molecular weight is 237 g/mol. The monoisotopic (exact) mass is 237 g/mol. The topological polar surface area (TPSA) is 51.4 Å². The lowest BCUT2D eigenvalue weighted by molar-refractivity contribution is 0.124. The van der Waals surface area contributed by atoms with E-state index in [4.69, 9.17) is 10.5 Å². The van der Waals surface area contributed by atoms with Gasteiger partial charge in [-0.2, -0.15) is 0 Å². The SMILES string of the molecule is COCCN(Cc1cccnc1CN)C(C)C. The van der Waals surface area contributed by atoms with Crippen LogP contribution in [-0.4, -0.2) is 36.2 Å². The molecule has 0 radical (unpaired) electrons. The maximum absolute atomic E-state index is 5.70. The number of nitrogens with two attached hydrogens (primary N) is 1. The molecular formula is C13H23N3O. The van der Waals surface area contributed by atoms with Crippen molar-refractivity contribution >= 4 is 0 Å². The van der Waals surface area contributed by atoms with Crippen molar-refractivity contribution in [3.05, 3.63) is 29.6 Å². The molecule has 1 heterocycles. The summed E-state index contributed by atoms with van der Waals surface area (Å²) in [5.41, 5.74) is 7.89. The van der Waals surface area contributed by atoms with Gasteiger partial charge in [-0.1, -0.05) is 6.07 Å². The first-order valence-electron chi connectivity index (χ1n) is 6.04. The zero-order chi connectivity index (χ0) is 12.7. The molecule has 0 spiro atoms. The third-order valence-corrected chi connectivity index (χ3v) is 2.86. The number of pyridine rings is 1. The van der Waals surface area contributed by atoms with Crippen molar-refractivity contribution in [3.8, 4) is 0 Å². The molecule has 0 unspecified atom stereocenters. The summed E-state index contributed by atoms with van der Waals surface area (Å²) < 4.78 is 5.13. The molecule has 0 aliphatic rings. The van der Waals surface area contributed by atoms with Gasteiger partial charge in [0.15, 0.2) is 0 Å². The smallest absolute Gasteiger partial charge is 0.0589 e. The minimum Gasteiger partial charge on any atom is -0.383 e. The van der Waals surface area contributed by atoms with Gasteiger partial charge in [0.25, 0.3) is 0 Å². The van der Waals surface area contributed by atoms with Crippen molar-refractivity contribution < 1.29 is 4.74 Å². The quantitative estimate of drug-likeness (QED) is 0.779. The Hall–Kier alpha value is -0.970. The third kappa shape index (κ3) is 4.42. The van der Waals surface area contributed by atoms with E-state index in [1.165, 1.54) is 5.56 Å². The molecule has 0 saturated heterocycles. The van der Waals surface area contributed by atoms with E-state index >= 15 is 0 Å². The minimum atomic E-state index is 0.482. The Morgan fingerprint density at radius 1 is 1.47 bits per heavy atom. The molecule has 0 aromatic carbocycles. The van der Waals surface area contributed by atoms with Gasteiger partial charge < -0.3 is 10.5 Å². The predicted molar refractivity (Wildman–Crippen MR) is 69.6 cm³/mol. The van der Waals surface area contributed by atoms with E-state index in [1.54, 1.807) is 13.3 Å². The fourth-order valence-corrected chi connectivity index (χ4v) is 1.75. The molecule has 0 aliphatic carbocycles. The molecule has 2 N–H and O–H groups in total. The van der Waals surface area contributed by atoms with Crippen molar-refractivity contribution in [1.82, 2.24) is 9.88 Å². The number of nitrogens with zero attached hydrogens (tertiary/aromatic N) is 2. The molecule has 0 atom stereocenters. The number of methoxy groups -OCH3 is 1. The Bertz CT molecular complexity index is 328. The van der Waals surface area contributed by atoms with Crippen LogP contribution in [0.2, 0.25) is 0 Å². The number of hydrogen-bond acceptors (Lipinski definition) is 4. The molecule has 0 aliphatic heterocycles. The van der Waals surface area contributed by atoms with Gasteiger partial charge in [0, 0.05) is 39.0 Å². The molecular weight excluding hydrogens is 214 g/mol. The van der Waals surface area contributed by atoms with Gasteiger partial charge in [-0.15, -0.1) is 0 Å². The van der Waals surface area contributed by atoms with Crippen molar-refractivity contribution in [2.45, 2.75) is 33.0 Å². The van der Waals surface area contributed by atoms with Gasteiger partial charge in [-0.05, 0) is 25.5 Å². The summed E-state index contributed by atoms with van der Waals surface area (Å²) in [5, 5.41) is 0. The van der Waals surface area contributed by atoms with Gasteiger partial charge in [-0.3, -0.25) is 9.88 Å². The van der Waals surface area contributed by atoms with Crippen LogP contribution in [0.1, 0.15) is 25.1 Å². The highest BCUT2D eigenvalue weighted by Gasteiger charge is 2.12. The minimum absolute atomic E-state index is 0.482. The van der Waals surface area contributed by atoms with Crippen molar-refractivity contribution in [1.29, 1.82) is 0 Å². The maximum Gasteiger partial charge on any atom is 0.0589 e. The second kappa shape index (κ2) is 7.37. The van der Waals surface area contributed by atoms with Crippen LogP contribution in [0.5, 0.6) is 0 Å². The Labute approximate surface area is 104 Å². The molecule has 1 rings (SSSR count). The van der Waals surface area contributed by atoms with Crippen LogP contribution >= 0.6 is 0 Å². The van der Waals surface area contributed by atoms with Crippen LogP contribution in [0.25, 0.3) is 0 Å². The Morgan fingerprint density at radius 3 is 2.82 bits per heavy atom. The van der Waals surface area contributed by atoms with Crippen molar-refractivity contribution in [2.75, 3.05) is 20.3 Å². The normalized spacial score (nSPS) is 11.4. The van der Waals surface area contributed by atoms with Crippen LogP contribution in [0.3, 0.4) is 0 Å². The number of aromatic nitrogens is 1. The van der Waals surface area contributed by atoms with Crippen LogP contribution in [0, 0.1) is 0 Å². The fraction of sp³-hybridized carbons (Fsp3) is 0.615. The molecule has 4 heteroatoms. The van der Waals surface area contributed by atoms with Crippen LogP contribution in [-0.2, 0) is 17.8 Å². The van der Waals surface area contributed by atoms with Crippen molar-refractivity contribution in [3.63, 3.8) is 0 Å². The van der Waals surface area contributed by atoms with Crippen LogP contribution in [0.15, 0.2) is 18.3 Å². The lowest BCUT2D eigenvalue weighted by Crippen LogP contribution is -2.33. The molecule has 1 aromatic rings. The zero-order valence-corrected chi connectivity index (χ0v) is 11.0. The van der Waals surface area contributed by atoms with E-state index in [-0.39, 0.29) is 0 Å². The van der Waals surface area contributed by atoms with E-state index < -0.39 is 0 Å². The lowest BCUT2D eigenvalue weighted by Gasteiger charge is -2.26. The van der Waals surface area contributed by atoms with E-state index in [0.717, 1.165) is 25.4 Å². The van der Waals surface area contributed by atoms with E-state index in [1.807, 2.05) is 6.07 Å². The van der Waals surface area contributed by atoms with Gasteiger partial charge >= 0.3 is 0 Å². The Morgan fingerprint density at radius 2 is 2.24 bits per heavy atom. The predicted octanol–water partition coefficient (Wildman–Crippen LogP) is 1.40. The summed E-state index contributed by atoms with van der Waals surface area (Å²) in [5.74, 6) is 0. The van der Waals surface area contributed by atoms with Gasteiger partial charge in [-0.25, -0.2) is 0 Å². The molecule has 4 nitrogen and oxygen atoms in total. The molecule has 17 heavy (non-hydrogen) atoms. The summed E-state index contributed by atoms with van der Waals surface area (Å²) in [6.07, 6.45) is 1.79.